The summed E-state index contributed by atoms with van der Waals surface area (Å²) >= 11 is 6.04. The van der Waals surface area contributed by atoms with Crippen molar-refractivity contribution in [1.82, 2.24) is 9.47 Å². The summed E-state index contributed by atoms with van der Waals surface area (Å²) in [5.41, 5.74) is 9.88. The van der Waals surface area contributed by atoms with Gasteiger partial charge < -0.3 is 19.9 Å². The van der Waals surface area contributed by atoms with Crippen LogP contribution in [0, 0.1) is 0 Å². The van der Waals surface area contributed by atoms with Crippen molar-refractivity contribution >= 4 is 28.4 Å². The van der Waals surface area contributed by atoms with Gasteiger partial charge in [-0.3, -0.25) is 4.79 Å². The average molecular weight is 454 g/mol. The summed E-state index contributed by atoms with van der Waals surface area (Å²) in [4.78, 5) is 15.3. The molecule has 4 rings (SSSR count). The maximum Gasteiger partial charge on any atom is 0.265 e. The van der Waals surface area contributed by atoms with E-state index in [1.807, 2.05) is 36.4 Å². The Labute approximate surface area is 195 Å². The molecule has 2 aromatic carbocycles. The number of halogens is 1. The van der Waals surface area contributed by atoms with Crippen LogP contribution in [0.5, 0.6) is 5.75 Å². The first kappa shape index (κ1) is 22.7. The van der Waals surface area contributed by atoms with Crippen LogP contribution >= 0.6 is 11.6 Å². The first-order valence-corrected chi connectivity index (χ1v) is 11.8. The average Bonchev–Trinajstić information content (AvgIpc) is 3.13. The van der Waals surface area contributed by atoms with E-state index in [9.17, 15) is 4.79 Å². The minimum absolute atomic E-state index is 0.281. The number of primary amides is 1. The topological polar surface area (TPSA) is 60.5 Å². The number of carbonyl (C=O) groups is 1. The zero-order valence-corrected chi connectivity index (χ0v) is 19.9. The first-order valence-electron chi connectivity index (χ1n) is 11.4. The fourth-order valence-corrected chi connectivity index (χ4v) is 5.19. The van der Waals surface area contributed by atoms with Gasteiger partial charge in [-0.1, -0.05) is 29.8 Å². The second-order valence-electron chi connectivity index (χ2n) is 8.91. The SMILES string of the molecule is COc1cccc2c1c(C1CCN(C(C)C)CC1)c(C(N)=O)n2CCc1ccc(Cl)cc1. The number of nitrogens with two attached hydrogens (primary N) is 1. The summed E-state index contributed by atoms with van der Waals surface area (Å²) in [6, 6.07) is 14.4. The van der Waals surface area contributed by atoms with Gasteiger partial charge in [-0.15, -0.1) is 0 Å². The van der Waals surface area contributed by atoms with Crippen molar-refractivity contribution in [3.8, 4) is 5.75 Å². The molecule has 2 heterocycles. The molecule has 0 radical (unpaired) electrons. The van der Waals surface area contributed by atoms with Gasteiger partial charge in [0.05, 0.1) is 12.6 Å². The fourth-order valence-electron chi connectivity index (χ4n) is 5.06. The van der Waals surface area contributed by atoms with E-state index in [1.165, 1.54) is 5.56 Å². The molecule has 3 aromatic rings. The normalized spacial score (nSPS) is 15.5. The van der Waals surface area contributed by atoms with E-state index in [0.717, 1.165) is 59.6 Å². The Morgan fingerprint density at radius 3 is 2.44 bits per heavy atom. The smallest absolute Gasteiger partial charge is 0.265 e. The summed E-state index contributed by atoms with van der Waals surface area (Å²) in [7, 11) is 1.69. The molecule has 1 fully saturated rings. The lowest BCUT2D eigenvalue weighted by molar-refractivity contribution is 0.0989. The van der Waals surface area contributed by atoms with Crippen LogP contribution in [0.15, 0.2) is 42.5 Å². The molecule has 0 spiro atoms. The van der Waals surface area contributed by atoms with E-state index < -0.39 is 0 Å². The molecule has 1 saturated heterocycles. The molecular weight excluding hydrogens is 422 g/mol. The van der Waals surface area contributed by atoms with Gasteiger partial charge in [0.1, 0.15) is 11.4 Å². The van der Waals surface area contributed by atoms with Crippen LogP contribution in [-0.2, 0) is 13.0 Å². The van der Waals surface area contributed by atoms with Crippen molar-refractivity contribution in [2.45, 2.75) is 51.6 Å². The molecule has 1 aliphatic heterocycles. The Balaban J connectivity index is 1.78. The highest BCUT2D eigenvalue weighted by molar-refractivity contribution is 6.30. The molecule has 6 heteroatoms. The van der Waals surface area contributed by atoms with Crippen LogP contribution in [0.4, 0.5) is 0 Å². The number of hydrogen-bond donors (Lipinski definition) is 1. The summed E-state index contributed by atoms with van der Waals surface area (Å²) < 4.78 is 7.85. The number of hydrogen-bond acceptors (Lipinski definition) is 3. The Morgan fingerprint density at radius 1 is 1.16 bits per heavy atom. The van der Waals surface area contributed by atoms with Crippen molar-refractivity contribution in [1.29, 1.82) is 0 Å². The lowest BCUT2D eigenvalue weighted by atomic mass is 9.86. The van der Waals surface area contributed by atoms with Gasteiger partial charge in [-0.25, -0.2) is 0 Å². The number of rotatable bonds is 7. The predicted molar refractivity (Wildman–Crippen MR) is 131 cm³/mol. The largest absolute Gasteiger partial charge is 0.496 e. The first-order chi connectivity index (χ1) is 15.4. The highest BCUT2D eigenvalue weighted by Crippen LogP contribution is 2.42. The Kier molecular flexibility index (Phi) is 6.77. The third-order valence-corrected chi connectivity index (χ3v) is 7.00. The second kappa shape index (κ2) is 9.55. The summed E-state index contributed by atoms with van der Waals surface area (Å²) in [6.07, 6.45) is 2.79. The molecule has 0 atom stereocenters. The number of amides is 1. The number of aromatic nitrogens is 1. The zero-order chi connectivity index (χ0) is 22.8. The molecule has 5 nitrogen and oxygen atoms in total. The minimum atomic E-state index is -0.374. The predicted octanol–water partition coefficient (Wildman–Crippen LogP) is 5.23. The van der Waals surface area contributed by atoms with Crippen molar-refractivity contribution in [3.05, 3.63) is 64.3 Å². The number of methoxy groups -OCH3 is 1. The third kappa shape index (κ3) is 4.37. The van der Waals surface area contributed by atoms with Crippen molar-refractivity contribution < 1.29 is 9.53 Å². The molecular formula is C26H32ClN3O2. The number of fused-ring (bicyclic) bond motifs is 1. The van der Waals surface area contributed by atoms with Gasteiger partial charge in [-0.2, -0.15) is 0 Å². The summed E-state index contributed by atoms with van der Waals surface area (Å²) in [6.45, 7) is 7.18. The van der Waals surface area contributed by atoms with Crippen molar-refractivity contribution in [2.75, 3.05) is 20.2 Å². The molecule has 0 bridgehead atoms. The Hall–Kier alpha value is -2.50. The number of likely N-dealkylation sites (tertiary alicyclic amines) is 1. The Bertz CT molecular complexity index is 1100. The molecule has 32 heavy (non-hydrogen) atoms. The molecule has 0 saturated carbocycles. The monoisotopic (exact) mass is 453 g/mol. The molecule has 0 unspecified atom stereocenters. The highest BCUT2D eigenvalue weighted by Gasteiger charge is 2.31. The molecule has 1 amide bonds. The van der Waals surface area contributed by atoms with Gasteiger partial charge in [0.25, 0.3) is 5.91 Å². The third-order valence-electron chi connectivity index (χ3n) is 6.75. The number of nitrogens with zero attached hydrogens (tertiary/aromatic N) is 2. The van der Waals surface area contributed by atoms with E-state index in [1.54, 1.807) is 7.11 Å². The van der Waals surface area contributed by atoms with Crippen molar-refractivity contribution in [2.24, 2.45) is 5.73 Å². The van der Waals surface area contributed by atoms with Crippen LogP contribution < -0.4 is 10.5 Å². The van der Waals surface area contributed by atoms with Crippen LogP contribution in [0.2, 0.25) is 5.02 Å². The van der Waals surface area contributed by atoms with E-state index in [2.05, 4.69) is 29.4 Å². The molecule has 2 N–H and O–H groups in total. The lowest BCUT2D eigenvalue weighted by Crippen LogP contribution is -2.38. The number of piperidine rings is 1. The minimum Gasteiger partial charge on any atom is -0.496 e. The fraction of sp³-hybridized carbons (Fsp3) is 0.423. The van der Waals surface area contributed by atoms with Gasteiger partial charge in [0.2, 0.25) is 0 Å². The number of aryl methyl sites for hydroxylation is 2. The summed E-state index contributed by atoms with van der Waals surface area (Å²) in [5, 5.41) is 1.75. The number of ether oxygens (including phenoxy) is 1. The van der Waals surface area contributed by atoms with E-state index in [4.69, 9.17) is 22.1 Å². The van der Waals surface area contributed by atoms with Gasteiger partial charge in [0, 0.05) is 23.0 Å². The second-order valence-corrected chi connectivity index (χ2v) is 9.35. The molecule has 170 valence electrons. The van der Waals surface area contributed by atoms with Gasteiger partial charge in [0.15, 0.2) is 0 Å². The van der Waals surface area contributed by atoms with Crippen LogP contribution in [-0.4, -0.2) is 41.6 Å². The molecule has 0 aliphatic carbocycles. The van der Waals surface area contributed by atoms with Crippen LogP contribution in [0.25, 0.3) is 10.9 Å². The zero-order valence-electron chi connectivity index (χ0n) is 19.1. The van der Waals surface area contributed by atoms with Gasteiger partial charge >= 0.3 is 0 Å². The molecule has 1 aromatic heterocycles. The standard InChI is InChI=1S/C26H32ClN3O2/c1-17(2)29-14-12-19(13-15-29)23-24-21(5-4-6-22(24)32-3)30(25(23)26(28)31)16-11-18-7-9-20(27)10-8-18/h4-10,17,19H,11-16H2,1-3H3,(H2,28,31). The van der Waals surface area contributed by atoms with Crippen molar-refractivity contribution in [3.63, 3.8) is 0 Å². The Morgan fingerprint density at radius 2 is 1.84 bits per heavy atom. The maximum atomic E-state index is 12.8. The van der Waals surface area contributed by atoms with E-state index in [0.29, 0.717) is 18.3 Å². The van der Waals surface area contributed by atoms with Gasteiger partial charge in [-0.05, 0) is 87.5 Å². The maximum absolute atomic E-state index is 12.8. The lowest BCUT2D eigenvalue weighted by Gasteiger charge is -2.35. The van der Waals surface area contributed by atoms with Crippen LogP contribution in [0.3, 0.4) is 0 Å². The van der Waals surface area contributed by atoms with E-state index >= 15 is 0 Å². The molecule has 1 aliphatic rings. The quantitative estimate of drug-likeness (QED) is 0.532. The van der Waals surface area contributed by atoms with Crippen LogP contribution in [0.1, 0.15) is 54.2 Å². The van der Waals surface area contributed by atoms with E-state index in [-0.39, 0.29) is 11.8 Å². The highest BCUT2D eigenvalue weighted by atomic mass is 35.5. The number of carbonyl (C=O) groups excluding carboxylic acids is 1. The number of benzene rings is 2. The summed E-state index contributed by atoms with van der Waals surface area (Å²) in [5.74, 6) is 0.709.